The van der Waals surface area contributed by atoms with Crippen molar-refractivity contribution in [1.29, 1.82) is 0 Å². The molecule has 34 heavy (non-hydrogen) atoms. The number of nitrogens with zero attached hydrogens (tertiary/aromatic N) is 5. The van der Waals surface area contributed by atoms with Gasteiger partial charge in [0.15, 0.2) is 11.6 Å². The number of ether oxygens (including phenoxy) is 1. The van der Waals surface area contributed by atoms with Gasteiger partial charge in [-0.05, 0) is 68.8 Å². The highest BCUT2D eigenvalue weighted by molar-refractivity contribution is 5.58. The fourth-order valence-electron chi connectivity index (χ4n) is 3.20. The quantitative estimate of drug-likeness (QED) is 0.229. The van der Waals surface area contributed by atoms with Crippen molar-refractivity contribution in [1.82, 2.24) is 0 Å². The number of phenolic OH excluding ortho intramolecular Hbond substituents is 1. The first-order valence-electron chi connectivity index (χ1n) is 11.5. The summed E-state index contributed by atoms with van der Waals surface area (Å²) in [6.07, 6.45) is 1.84. The molecule has 3 aromatic rings. The van der Waals surface area contributed by atoms with E-state index in [9.17, 15) is 9.50 Å². The van der Waals surface area contributed by atoms with Crippen LogP contribution in [0.1, 0.15) is 33.6 Å². The third kappa shape index (κ3) is 6.84. The van der Waals surface area contributed by atoms with Gasteiger partial charge < -0.3 is 14.7 Å². The van der Waals surface area contributed by atoms with Gasteiger partial charge >= 0.3 is 0 Å². The Kier molecular flexibility index (Phi) is 9.08. The van der Waals surface area contributed by atoms with Crippen molar-refractivity contribution in [3.63, 3.8) is 0 Å². The first-order chi connectivity index (χ1) is 16.5. The van der Waals surface area contributed by atoms with Crippen LogP contribution in [0.5, 0.6) is 11.5 Å². The lowest BCUT2D eigenvalue weighted by molar-refractivity contribution is 0.294. The minimum Gasteiger partial charge on any atom is -0.506 e. The Labute approximate surface area is 199 Å². The highest BCUT2D eigenvalue weighted by atomic mass is 19.1. The number of phenols is 1. The van der Waals surface area contributed by atoms with E-state index in [1.807, 2.05) is 31.2 Å². The average molecular weight is 464 g/mol. The Balaban J connectivity index is 1.64. The summed E-state index contributed by atoms with van der Waals surface area (Å²) >= 11 is 0. The number of unbranched alkanes of at least 4 members (excludes halogenated alkanes) is 1. The van der Waals surface area contributed by atoms with Gasteiger partial charge in [0.25, 0.3) is 0 Å². The summed E-state index contributed by atoms with van der Waals surface area (Å²) < 4.78 is 19.6. The van der Waals surface area contributed by atoms with Gasteiger partial charge in [0.2, 0.25) is 0 Å². The second kappa shape index (κ2) is 12.4. The van der Waals surface area contributed by atoms with E-state index in [1.165, 1.54) is 18.2 Å². The van der Waals surface area contributed by atoms with Crippen LogP contribution in [0.4, 0.5) is 32.8 Å². The van der Waals surface area contributed by atoms with E-state index >= 15 is 0 Å². The number of benzene rings is 3. The van der Waals surface area contributed by atoms with E-state index in [0.717, 1.165) is 31.6 Å². The molecule has 7 nitrogen and oxygen atoms in total. The molecule has 0 radical (unpaired) electrons. The topological polar surface area (TPSA) is 82.1 Å². The summed E-state index contributed by atoms with van der Waals surface area (Å²) in [4.78, 5) is 2.24. The molecule has 0 heterocycles. The molecule has 8 heteroatoms. The molecule has 0 aliphatic carbocycles. The van der Waals surface area contributed by atoms with Crippen LogP contribution in [-0.4, -0.2) is 24.8 Å². The third-order valence-corrected chi connectivity index (χ3v) is 5.16. The van der Waals surface area contributed by atoms with Crippen LogP contribution in [-0.2, 0) is 0 Å². The van der Waals surface area contributed by atoms with Crippen molar-refractivity contribution in [2.75, 3.05) is 24.6 Å². The SMILES string of the molecule is CCCCOc1ccc(N=Nc2ccc(N=Nc3ccc(N(CC)CC)cc3)c(O)c2)cc1F. The summed E-state index contributed by atoms with van der Waals surface area (Å²) in [5.74, 6) is -0.371. The number of hydrogen-bond donors (Lipinski definition) is 1. The lowest BCUT2D eigenvalue weighted by atomic mass is 10.2. The van der Waals surface area contributed by atoms with E-state index in [1.54, 1.807) is 18.2 Å². The molecule has 3 aromatic carbocycles. The van der Waals surface area contributed by atoms with Gasteiger partial charge in [-0.25, -0.2) is 4.39 Å². The molecule has 0 saturated heterocycles. The fraction of sp³-hybridized carbons (Fsp3) is 0.308. The minimum atomic E-state index is -0.490. The van der Waals surface area contributed by atoms with Crippen LogP contribution in [0.3, 0.4) is 0 Å². The number of anilines is 1. The van der Waals surface area contributed by atoms with Gasteiger partial charge in [0, 0.05) is 30.9 Å². The van der Waals surface area contributed by atoms with E-state index < -0.39 is 5.82 Å². The lowest BCUT2D eigenvalue weighted by Gasteiger charge is -2.20. The summed E-state index contributed by atoms with van der Waals surface area (Å²) in [6, 6.07) is 16.9. The Hall–Kier alpha value is -3.81. The second-order valence-electron chi connectivity index (χ2n) is 7.58. The molecule has 0 unspecified atom stereocenters. The van der Waals surface area contributed by atoms with Crippen molar-refractivity contribution in [3.05, 3.63) is 66.5 Å². The van der Waals surface area contributed by atoms with Crippen LogP contribution < -0.4 is 9.64 Å². The molecule has 3 rings (SSSR count). The maximum absolute atomic E-state index is 14.2. The van der Waals surface area contributed by atoms with Gasteiger partial charge in [-0.2, -0.15) is 15.3 Å². The molecule has 0 amide bonds. The molecular weight excluding hydrogens is 433 g/mol. The summed E-state index contributed by atoms with van der Waals surface area (Å²) in [6.45, 7) is 8.61. The molecule has 0 spiro atoms. The van der Waals surface area contributed by atoms with Crippen molar-refractivity contribution in [2.24, 2.45) is 20.5 Å². The Morgan fingerprint density at radius 2 is 1.41 bits per heavy atom. The van der Waals surface area contributed by atoms with E-state index in [0.29, 0.717) is 29.4 Å². The van der Waals surface area contributed by atoms with Gasteiger partial charge in [-0.3, -0.25) is 0 Å². The Bertz CT molecular complexity index is 1130. The normalized spacial score (nSPS) is 11.4. The standard InChI is InChI=1S/C26H30FN5O2/c1-4-7-16-34-26-15-11-20(17-23(26)27)29-30-21-10-14-24(25(33)18-21)31-28-19-8-12-22(13-9-19)32(5-2)6-3/h8-15,17-18,33H,4-7,16H2,1-3H3. The predicted octanol–water partition coefficient (Wildman–Crippen LogP) is 8.39. The number of halogens is 1. The highest BCUT2D eigenvalue weighted by Gasteiger charge is 2.06. The van der Waals surface area contributed by atoms with Gasteiger partial charge in [0.1, 0.15) is 11.4 Å². The third-order valence-electron chi connectivity index (χ3n) is 5.16. The summed E-state index contributed by atoms with van der Waals surface area (Å²) in [5, 5.41) is 26.7. The van der Waals surface area contributed by atoms with Crippen LogP contribution in [0.2, 0.25) is 0 Å². The van der Waals surface area contributed by atoms with E-state index in [-0.39, 0.29) is 11.5 Å². The zero-order valence-electron chi connectivity index (χ0n) is 19.8. The molecule has 1 N–H and O–H groups in total. The molecule has 0 aliphatic heterocycles. The van der Waals surface area contributed by atoms with Crippen LogP contribution in [0.15, 0.2) is 81.1 Å². The minimum absolute atomic E-state index is 0.0780. The molecule has 0 fully saturated rings. The van der Waals surface area contributed by atoms with Crippen molar-refractivity contribution in [3.8, 4) is 11.5 Å². The summed E-state index contributed by atoms with van der Waals surface area (Å²) in [7, 11) is 0. The zero-order chi connectivity index (χ0) is 24.3. The van der Waals surface area contributed by atoms with Crippen LogP contribution in [0, 0.1) is 5.82 Å². The molecule has 0 aliphatic rings. The van der Waals surface area contributed by atoms with Crippen LogP contribution in [0.25, 0.3) is 0 Å². The highest BCUT2D eigenvalue weighted by Crippen LogP contribution is 2.33. The maximum atomic E-state index is 14.2. The lowest BCUT2D eigenvalue weighted by Crippen LogP contribution is -2.21. The number of aromatic hydroxyl groups is 1. The fourth-order valence-corrected chi connectivity index (χ4v) is 3.20. The number of azo groups is 2. The van der Waals surface area contributed by atoms with Gasteiger partial charge in [-0.15, -0.1) is 5.11 Å². The van der Waals surface area contributed by atoms with Crippen molar-refractivity contribution in [2.45, 2.75) is 33.6 Å². The Morgan fingerprint density at radius 1 is 0.794 bits per heavy atom. The molecule has 0 aromatic heterocycles. The molecule has 0 atom stereocenters. The number of hydrogen-bond acceptors (Lipinski definition) is 7. The smallest absolute Gasteiger partial charge is 0.167 e. The largest absolute Gasteiger partial charge is 0.506 e. The van der Waals surface area contributed by atoms with E-state index in [2.05, 4.69) is 39.2 Å². The maximum Gasteiger partial charge on any atom is 0.167 e. The van der Waals surface area contributed by atoms with Crippen molar-refractivity contribution >= 4 is 28.4 Å². The molecule has 0 saturated carbocycles. The first-order valence-corrected chi connectivity index (χ1v) is 11.5. The second-order valence-corrected chi connectivity index (χ2v) is 7.58. The van der Waals surface area contributed by atoms with E-state index in [4.69, 9.17) is 4.74 Å². The average Bonchev–Trinajstić information content (AvgIpc) is 2.85. The first kappa shape index (κ1) is 24.8. The zero-order valence-corrected chi connectivity index (χ0v) is 19.8. The molecular formula is C26H30FN5O2. The van der Waals surface area contributed by atoms with Gasteiger partial charge in [-0.1, -0.05) is 13.3 Å². The molecule has 0 bridgehead atoms. The predicted molar refractivity (Wildman–Crippen MR) is 133 cm³/mol. The van der Waals surface area contributed by atoms with Crippen molar-refractivity contribution < 1.29 is 14.2 Å². The van der Waals surface area contributed by atoms with Gasteiger partial charge in [0.05, 0.1) is 23.7 Å². The number of rotatable bonds is 11. The monoisotopic (exact) mass is 463 g/mol. The summed E-state index contributed by atoms with van der Waals surface area (Å²) in [5.41, 5.74) is 2.87. The van der Waals surface area contributed by atoms with Crippen LogP contribution >= 0.6 is 0 Å². The Morgan fingerprint density at radius 3 is 2.03 bits per heavy atom. The molecule has 178 valence electrons.